The molecule has 15 atom stereocenters. The van der Waals surface area contributed by atoms with Crippen molar-refractivity contribution in [1.82, 2.24) is 0 Å². The fraction of sp³-hybridized carbons (Fsp3) is 1.00. The molecule has 4 aliphatic heterocycles. The first-order valence-electron chi connectivity index (χ1n) is 20.2. The Morgan fingerprint density at radius 1 is 0.579 bits per heavy atom. The summed E-state index contributed by atoms with van der Waals surface area (Å²) >= 11 is 0. The van der Waals surface area contributed by atoms with Crippen molar-refractivity contribution in [3.8, 4) is 0 Å². The Kier molecular flexibility index (Phi) is 40.6. The summed E-state index contributed by atoms with van der Waals surface area (Å²) in [4.78, 5) is 0. The number of rotatable bonds is 8. The molecule has 0 amide bonds. The maximum Gasteiger partial charge on any atom is 0.302 e. The third kappa shape index (κ3) is 21.5. The number of hydrogen-bond donors (Lipinski definition) is 9. The minimum absolute atomic E-state index is 0.00912. The third-order valence-corrected chi connectivity index (χ3v) is 8.56. The topological polar surface area (TPSA) is 291 Å². The highest BCUT2D eigenvalue weighted by atomic mass is 19.3. The minimum Gasteiger partial charge on any atom is -0.388 e. The molecule has 0 aromatic carbocycles. The van der Waals surface area contributed by atoms with Gasteiger partial charge in [-0.25, -0.2) is 13.2 Å². The average molecular weight is 847 g/mol. The van der Waals surface area contributed by atoms with E-state index in [1.165, 1.54) is 21.3 Å². The monoisotopic (exact) mass is 847 g/mol. The van der Waals surface area contributed by atoms with Crippen LogP contribution in [0, 0.1) is 5.92 Å². The summed E-state index contributed by atoms with van der Waals surface area (Å²) < 4.78 is 80.0. The van der Waals surface area contributed by atoms with Gasteiger partial charge in [0.2, 0.25) is 0 Å². The van der Waals surface area contributed by atoms with Crippen molar-refractivity contribution in [3.05, 3.63) is 0 Å². The molecule has 4 aliphatic rings. The second-order valence-electron chi connectivity index (χ2n) is 12.1. The second-order valence-corrected chi connectivity index (χ2v) is 12.1. The van der Waals surface area contributed by atoms with Crippen molar-refractivity contribution in [3.63, 3.8) is 0 Å². The zero-order chi connectivity index (χ0) is 45.5. The molecule has 350 valence electrons. The van der Waals surface area contributed by atoms with Gasteiger partial charge in [0.15, 0.2) is 31.3 Å². The van der Waals surface area contributed by atoms with Gasteiger partial charge in [0, 0.05) is 60.5 Å². The van der Waals surface area contributed by atoms with Gasteiger partial charge in [-0.05, 0) is 25.7 Å². The highest BCUT2D eigenvalue weighted by Crippen LogP contribution is 2.33. The van der Waals surface area contributed by atoms with Gasteiger partial charge in [-0.15, -0.1) is 0 Å². The normalized spacial score (nSPS) is 36.5. The molecule has 4 saturated heterocycles. The molecule has 17 nitrogen and oxygen atoms in total. The van der Waals surface area contributed by atoms with Crippen molar-refractivity contribution < 1.29 is 66.4 Å². The van der Waals surface area contributed by atoms with Crippen LogP contribution >= 0.6 is 0 Å². The smallest absolute Gasteiger partial charge is 0.302 e. The molecular formula is C37H85F3N6O11. The van der Waals surface area contributed by atoms with Gasteiger partial charge in [-0.2, -0.15) is 0 Å². The highest BCUT2D eigenvalue weighted by Gasteiger charge is 2.56. The predicted octanol–water partition coefficient (Wildman–Crippen LogP) is 1.28. The first-order chi connectivity index (χ1) is 27.1. The van der Waals surface area contributed by atoms with Crippen molar-refractivity contribution in [2.75, 3.05) is 54.6 Å². The maximum absolute atomic E-state index is 13.2. The summed E-state index contributed by atoms with van der Waals surface area (Å²) in [6, 6.07) is -2.15. The van der Waals surface area contributed by atoms with Crippen LogP contribution < -0.4 is 34.4 Å². The minimum atomic E-state index is -3.44. The molecule has 4 fully saturated rings. The van der Waals surface area contributed by atoms with Gasteiger partial charge in [0.05, 0.1) is 24.3 Å². The molecule has 0 bridgehead atoms. The summed E-state index contributed by atoms with van der Waals surface area (Å²) in [6.07, 6.45) is -6.14. The largest absolute Gasteiger partial charge is 0.388 e. The summed E-state index contributed by atoms with van der Waals surface area (Å²) in [6.45, 7) is 18.8. The Labute approximate surface area is 341 Å². The number of methoxy groups -OCH3 is 4. The van der Waals surface area contributed by atoms with E-state index in [0.717, 1.165) is 19.3 Å². The number of nitrogens with two attached hydrogens (primary N) is 6. The number of halogens is 3. The van der Waals surface area contributed by atoms with Gasteiger partial charge in [-0.1, -0.05) is 62.3 Å². The molecule has 0 radical (unpaired) electrons. The Morgan fingerprint density at radius 2 is 1.00 bits per heavy atom. The third-order valence-electron chi connectivity index (χ3n) is 8.56. The number of alkyl halides is 3. The van der Waals surface area contributed by atoms with Crippen molar-refractivity contribution in [2.24, 2.45) is 40.3 Å². The van der Waals surface area contributed by atoms with Gasteiger partial charge in [0.25, 0.3) is 0 Å². The number of hydrogen-bond acceptors (Lipinski definition) is 17. The van der Waals surface area contributed by atoms with Crippen molar-refractivity contribution in [2.45, 2.75) is 180 Å². The average Bonchev–Trinajstić information content (AvgIpc) is 3.26. The van der Waals surface area contributed by atoms with E-state index < -0.39 is 80.1 Å². The summed E-state index contributed by atoms with van der Waals surface area (Å²) in [7, 11) is 5.84. The fourth-order valence-corrected chi connectivity index (χ4v) is 5.36. The lowest BCUT2D eigenvalue weighted by Crippen LogP contribution is -2.66. The van der Waals surface area contributed by atoms with Crippen LogP contribution in [0.4, 0.5) is 13.2 Å². The molecule has 20 heteroatoms. The molecule has 0 aliphatic carbocycles. The van der Waals surface area contributed by atoms with Gasteiger partial charge < -0.3 is 87.6 Å². The molecule has 0 aromatic rings. The quantitative estimate of drug-likeness (QED) is 0.166. The van der Waals surface area contributed by atoms with Crippen molar-refractivity contribution in [1.29, 1.82) is 0 Å². The van der Waals surface area contributed by atoms with Crippen molar-refractivity contribution >= 4 is 0 Å². The van der Waals surface area contributed by atoms with E-state index in [1.54, 1.807) is 7.11 Å². The van der Waals surface area contributed by atoms with Crippen LogP contribution in [0.5, 0.6) is 0 Å². The molecule has 15 N–H and O–H groups in total. The van der Waals surface area contributed by atoms with Crippen LogP contribution in [0.3, 0.4) is 0 Å². The Balaban J connectivity index is -0.000000311. The fourth-order valence-electron chi connectivity index (χ4n) is 5.36. The van der Waals surface area contributed by atoms with E-state index in [1.807, 2.05) is 55.4 Å². The predicted molar refractivity (Wildman–Crippen MR) is 216 cm³/mol. The van der Waals surface area contributed by atoms with E-state index in [-0.39, 0.29) is 25.0 Å². The van der Waals surface area contributed by atoms with E-state index in [0.29, 0.717) is 25.4 Å². The number of aliphatic hydroxyl groups excluding tert-OH is 3. The van der Waals surface area contributed by atoms with E-state index in [2.05, 4.69) is 6.92 Å². The molecular weight excluding hydrogens is 761 g/mol. The molecule has 57 heavy (non-hydrogen) atoms. The van der Waals surface area contributed by atoms with Crippen LogP contribution in [-0.4, -0.2) is 162 Å². The van der Waals surface area contributed by atoms with Gasteiger partial charge in [-0.3, -0.25) is 0 Å². The molecule has 0 saturated carbocycles. The first-order valence-corrected chi connectivity index (χ1v) is 20.2. The number of aliphatic hydroxyl groups is 3. The second kappa shape index (κ2) is 36.9. The van der Waals surface area contributed by atoms with E-state index in [4.69, 9.17) is 72.3 Å². The van der Waals surface area contributed by atoms with Crippen LogP contribution in [0.15, 0.2) is 0 Å². The van der Waals surface area contributed by atoms with Crippen LogP contribution in [0.25, 0.3) is 0 Å². The zero-order valence-corrected chi connectivity index (χ0v) is 37.0. The lowest BCUT2D eigenvalue weighted by molar-refractivity contribution is -0.301. The highest BCUT2D eigenvalue weighted by molar-refractivity contribution is 4.97. The summed E-state index contributed by atoms with van der Waals surface area (Å²) in [5, 5.41) is 27.8. The lowest BCUT2D eigenvalue weighted by atomic mass is 9.96. The SMILES string of the molecule is CC.CC.CC.CC.CO[C@H]1OC(CN)C(F)(F)C(O)C1N.CO[C@H]1OC(CN)C(F)C(O)C1N.CO[C@H]1OC(CN)CCC1C.CO[C@H]1OC(CN)CCC1O. The van der Waals surface area contributed by atoms with Gasteiger partial charge in [0.1, 0.15) is 30.5 Å². The Bertz CT molecular complexity index is 838. The van der Waals surface area contributed by atoms with E-state index in [9.17, 15) is 28.5 Å². The number of ether oxygens (including phenoxy) is 8. The standard InChI is InChI=1S/C8H17NO2.C7H14F2N2O3.C7H15FN2O3.C7H15NO3.4C2H6/c1-6-3-4-7(5-9)11-8(6)10-2;1-13-6-4(11)5(12)7(8,9)3(2-10)14-6;1-12-7-5(10)6(11)4(8)3(2-9)13-7;1-10-7-6(9)3-2-5(4-8)11-7;4*1-2/h6-8H,3-5,9H2,1-2H3;3-6,12H,2,10-11H2,1H3;3-7,11H,2,9-10H2,1H3;5-7,9H,2-4,8H2,1H3;4*1-2H3/t6?,7?,8-;3?,4?,5?,6-;3?,4?,5?,6?,7-;5?,6?,7-;;;;/m0000..../s1. The van der Waals surface area contributed by atoms with Crippen LogP contribution in [0.2, 0.25) is 0 Å². The maximum atomic E-state index is 13.2. The Morgan fingerprint density at radius 3 is 1.40 bits per heavy atom. The van der Waals surface area contributed by atoms with Crippen LogP contribution in [0.1, 0.15) is 88.0 Å². The van der Waals surface area contributed by atoms with Crippen LogP contribution in [-0.2, 0) is 37.9 Å². The molecule has 0 spiro atoms. The molecule has 4 rings (SSSR count). The molecule has 11 unspecified atom stereocenters. The zero-order valence-electron chi connectivity index (χ0n) is 37.0. The van der Waals surface area contributed by atoms with E-state index >= 15 is 0 Å². The lowest BCUT2D eigenvalue weighted by Gasteiger charge is -2.42. The molecule has 0 aromatic heterocycles. The summed E-state index contributed by atoms with van der Waals surface area (Å²) in [5.41, 5.74) is 32.0. The Hall–Kier alpha value is -0.890. The molecule has 4 heterocycles. The summed E-state index contributed by atoms with van der Waals surface area (Å²) in [5.74, 6) is -2.94. The first kappa shape index (κ1) is 62.8. The van der Waals surface area contributed by atoms with Gasteiger partial charge >= 0.3 is 5.92 Å².